The fraction of sp³-hybridized carbons (Fsp3) is 0.286. The van der Waals surface area contributed by atoms with Crippen molar-refractivity contribution in [1.29, 1.82) is 0 Å². The molecule has 0 aromatic heterocycles. The second-order valence-electron chi connectivity index (χ2n) is 9.57. The number of rotatable bonds is 12. The molecular weight excluding hydrogens is 556 g/mol. The van der Waals surface area contributed by atoms with Gasteiger partial charge in [-0.15, -0.1) is 0 Å². The van der Waals surface area contributed by atoms with Gasteiger partial charge in [0.05, 0.1) is 16.9 Å². The van der Waals surface area contributed by atoms with Crippen molar-refractivity contribution in [2.75, 3.05) is 17.1 Å². The SMILES string of the molecule is CC(C)NC(=O)C(Cc1ccccc1)N(Cc1cccc(Cl)c1)C(=O)CN(c1cccc([N+](=O)[O-])c1)S(C)(=O)=O. The van der Waals surface area contributed by atoms with Crippen molar-refractivity contribution < 1.29 is 22.9 Å². The molecule has 212 valence electrons. The topological polar surface area (TPSA) is 130 Å². The molecule has 1 unspecified atom stereocenters. The fourth-order valence-electron chi connectivity index (χ4n) is 4.14. The van der Waals surface area contributed by atoms with Crippen LogP contribution >= 0.6 is 11.6 Å². The second kappa shape index (κ2) is 13.4. The third-order valence-electron chi connectivity index (χ3n) is 5.95. The first-order chi connectivity index (χ1) is 18.8. The lowest BCUT2D eigenvalue weighted by atomic mass is 10.0. The van der Waals surface area contributed by atoms with Crippen LogP contribution in [0.1, 0.15) is 25.0 Å². The van der Waals surface area contributed by atoms with Gasteiger partial charge in [-0.25, -0.2) is 8.42 Å². The van der Waals surface area contributed by atoms with Crippen molar-refractivity contribution in [3.63, 3.8) is 0 Å². The van der Waals surface area contributed by atoms with Crippen LogP contribution in [0.2, 0.25) is 5.02 Å². The van der Waals surface area contributed by atoms with Crippen LogP contribution in [0.3, 0.4) is 0 Å². The number of halogens is 1. The zero-order valence-corrected chi connectivity index (χ0v) is 23.9. The number of nitro benzene ring substituents is 1. The number of anilines is 1. The van der Waals surface area contributed by atoms with Crippen LogP contribution in [0.15, 0.2) is 78.9 Å². The third kappa shape index (κ3) is 8.52. The molecule has 10 nitrogen and oxygen atoms in total. The Balaban J connectivity index is 2.07. The minimum Gasteiger partial charge on any atom is -0.352 e. The van der Waals surface area contributed by atoms with Gasteiger partial charge in [-0.05, 0) is 43.2 Å². The monoisotopic (exact) mass is 586 g/mol. The predicted molar refractivity (Wildman–Crippen MR) is 155 cm³/mol. The lowest BCUT2D eigenvalue weighted by molar-refractivity contribution is -0.384. The molecule has 0 heterocycles. The quantitative estimate of drug-likeness (QED) is 0.250. The molecule has 0 aliphatic rings. The number of benzene rings is 3. The van der Waals surface area contributed by atoms with Crippen molar-refractivity contribution in [2.24, 2.45) is 0 Å². The van der Waals surface area contributed by atoms with Gasteiger partial charge in [-0.2, -0.15) is 0 Å². The standard InChI is InChI=1S/C28H31ClN4O6S/c1-20(2)30-28(35)26(16-21-9-5-4-6-10-21)31(18-22-11-7-12-23(29)15-22)27(34)19-32(40(3,38)39)24-13-8-14-25(17-24)33(36)37/h4-15,17,20,26H,16,18-19H2,1-3H3,(H,30,35). The average Bonchev–Trinajstić information content (AvgIpc) is 2.88. The van der Waals surface area contributed by atoms with Gasteiger partial charge in [-0.3, -0.25) is 24.0 Å². The Labute approximate surface area is 238 Å². The molecule has 0 aliphatic carbocycles. The molecule has 40 heavy (non-hydrogen) atoms. The first-order valence-electron chi connectivity index (χ1n) is 12.5. The number of nitrogens with zero attached hydrogens (tertiary/aromatic N) is 3. The summed E-state index contributed by atoms with van der Waals surface area (Å²) < 4.78 is 26.4. The molecule has 1 atom stereocenters. The highest BCUT2D eigenvalue weighted by atomic mass is 35.5. The lowest BCUT2D eigenvalue weighted by Gasteiger charge is -2.34. The number of amides is 2. The summed E-state index contributed by atoms with van der Waals surface area (Å²) >= 11 is 6.19. The molecule has 3 aromatic carbocycles. The summed E-state index contributed by atoms with van der Waals surface area (Å²) in [6.07, 6.45) is 1.08. The Kier molecular flexibility index (Phi) is 10.2. The summed E-state index contributed by atoms with van der Waals surface area (Å²) in [5, 5.41) is 14.6. The molecule has 0 aliphatic heterocycles. The first kappa shape index (κ1) is 30.6. The van der Waals surface area contributed by atoms with Crippen molar-refractivity contribution in [3.05, 3.63) is 105 Å². The van der Waals surface area contributed by atoms with Crippen molar-refractivity contribution >= 4 is 44.8 Å². The van der Waals surface area contributed by atoms with Crippen LogP contribution in [-0.4, -0.2) is 54.9 Å². The molecule has 0 saturated carbocycles. The summed E-state index contributed by atoms with van der Waals surface area (Å²) in [5.41, 5.74) is 1.07. The Morgan fingerprint density at radius 1 is 0.975 bits per heavy atom. The highest BCUT2D eigenvalue weighted by Crippen LogP contribution is 2.24. The molecule has 1 N–H and O–H groups in total. The number of non-ortho nitro benzene ring substituents is 1. The van der Waals surface area contributed by atoms with Gasteiger partial charge in [-0.1, -0.05) is 60.1 Å². The maximum absolute atomic E-state index is 14.0. The number of nitro groups is 1. The van der Waals surface area contributed by atoms with Gasteiger partial charge in [0.1, 0.15) is 12.6 Å². The molecule has 0 bridgehead atoms. The van der Waals surface area contributed by atoms with E-state index in [0.717, 1.165) is 22.2 Å². The van der Waals surface area contributed by atoms with Crippen molar-refractivity contribution in [2.45, 2.75) is 38.9 Å². The largest absolute Gasteiger partial charge is 0.352 e. The summed E-state index contributed by atoms with van der Waals surface area (Å²) in [5.74, 6) is -1.08. The van der Waals surface area contributed by atoms with Gasteiger partial charge < -0.3 is 10.2 Å². The molecular formula is C28H31ClN4O6S. The van der Waals surface area contributed by atoms with Crippen LogP contribution in [0.5, 0.6) is 0 Å². The van der Waals surface area contributed by atoms with E-state index in [1.165, 1.54) is 23.1 Å². The van der Waals surface area contributed by atoms with E-state index in [-0.39, 0.29) is 30.4 Å². The van der Waals surface area contributed by atoms with Gasteiger partial charge >= 0.3 is 0 Å². The van der Waals surface area contributed by atoms with Crippen LogP contribution < -0.4 is 9.62 Å². The van der Waals surface area contributed by atoms with Crippen LogP contribution in [0.4, 0.5) is 11.4 Å². The molecule has 12 heteroatoms. The second-order valence-corrected chi connectivity index (χ2v) is 11.9. The van der Waals surface area contributed by atoms with E-state index in [1.807, 2.05) is 30.3 Å². The van der Waals surface area contributed by atoms with Gasteiger partial charge in [0, 0.05) is 36.2 Å². The van der Waals surface area contributed by atoms with Crippen LogP contribution in [0, 0.1) is 10.1 Å². The molecule has 2 amide bonds. The highest BCUT2D eigenvalue weighted by Gasteiger charge is 2.33. The van der Waals surface area contributed by atoms with E-state index in [0.29, 0.717) is 10.6 Å². The van der Waals surface area contributed by atoms with Crippen LogP contribution in [-0.2, 0) is 32.6 Å². The molecule has 3 aromatic rings. The first-order valence-corrected chi connectivity index (χ1v) is 14.7. The maximum atomic E-state index is 14.0. The van der Waals surface area contributed by atoms with Gasteiger partial charge in [0.15, 0.2) is 0 Å². The average molecular weight is 587 g/mol. The van der Waals surface area contributed by atoms with E-state index in [2.05, 4.69) is 5.32 Å². The summed E-state index contributed by atoms with van der Waals surface area (Å²) in [7, 11) is -4.05. The van der Waals surface area contributed by atoms with E-state index in [4.69, 9.17) is 11.6 Å². The Morgan fingerprint density at radius 2 is 1.62 bits per heavy atom. The summed E-state index contributed by atoms with van der Waals surface area (Å²) in [6.45, 7) is 2.89. The van der Waals surface area contributed by atoms with E-state index in [1.54, 1.807) is 38.1 Å². The molecule has 0 fully saturated rings. The molecule has 0 saturated heterocycles. The van der Waals surface area contributed by atoms with E-state index < -0.39 is 39.3 Å². The minimum atomic E-state index is -4.05. The third-order valence-corrected chi connectivity index (χ3v) is 7.33. The Morgan fingerprint density at radius 3 is 2.23 bits per heavy atom. The molecule has 3 rings (SSSR count). The number of carbonyl (C=O) groups excluding carboxylic acids is 2. The van der Waals surface area contributed by atoms with Crippen LogP contribution in [0.25, 0.3) is 0 Å². The minimum absolute atomic E-state index is 0.0328. The molecule has 0 radical (unpaired) electrons. The highest BCUT2D eigenvalue weighted by molar-refractivity contribution is 7.92. The number of carbonyl (C=O) groups is 2. The summed E-state index contributed by atoms with van der Waals surface area (Å²) in [4.78, 5) is 39.5. The van der Waals surface area contributed by atoms with Crippen molar-refractivity contribution in [1.82, 2.24) is 10.2 Å². The van der Waals surface area contributed by atoms with Gasteiger partial charge in [0.2, 0.25) is 21.8 Å². The van der Waals surface area contributed by atoms with Gasteiger partial charge in [0.25, 0.3) is 5.69 Å². The van der Waals surface area contributed by atoms with E-state index in [9.17, 15) is 28.1 Å². The smallest absolute Gasteiger partial charge is 0.271 e. The zero-order valence-electron chi connectivity index (χ0n) is 22.4. The Hall–Kier alpha value is -3.96. The van der Waals surface area contributed by atoms with Crippen molar-refractivity contribution in [3.8, 4) is 0 Å². The maximum Gasteiger partial charge on any atom is 0.271 e. The predicted octanol–water partition coefficient (Wildman–Crippen LogP) is 4.18. The number of nitrogens with one attached hydrogen (secondary N) is 1. The number of hydrogen-bond donors (Lipinski definition) is 1. The fourth-order valence-corrected chi connectivity index (χ4v) is 5.20. The van der Waals surface area contributed by atoms with E-state index >= 15 is 0 Å². The summed E-state index contributed by atoms with van der Waals surface area (Å²) in [6, 6.07) is 19.8. The number of sulfonamides is 1. The molecule has 0 spiro atoms. The normalized spacial score (nSPS) is 12.0. The lowest BCUT2D eigenvalue weighted by Crippen LogP contribution is -2.54. The zero-order chi connectivity index (χ0) is 29.4. The Bertz CT molecular complexity index is 1470. The number of hydrogen-bond acceptors (Lipinski definition) is 6.